The number of carbonyl (C=O) groups excluding carboxylic acids is 1. The normalized spacial score (nSPS) is 17.9. The average molecular weight is 320 g/mol. The van der Waals surface area contributed by atoms with Gasteiger partial charge in [0.1, 0.15) is 12.4 Å². The van der Waals surface area contributed by atoms with Crippen molar-refractivity contribution in [2.24, 2.45) is 5.92 Å². The lowest BCUT2D eigenvalue weighted by Gasteiger charge is -2.15. The Morgan fingerprint density at radius 1 is 1.35 bits per heavy atom. The fourth-order valence-corrected chi connectivity index (χ4v) is 2.81. The molecule has 1 aliphatic heterocycles. The topological polar surface area (TPSA) is 78.9 Å². The molecule has 0 bridgehead atoms. The van der Waals surface area contributed by atoms with Crippen molar-refractivity contribution in [1.29, 1.82) is 0 Å². The second-order valence-electron chi connectivity index (χ2n) is 5.98. The number of likely N-dealkylation sites (tertiary alicyclic amines) is 1. The molecule has 126 valence electrons. The smallest absolute Gasteiger partial charge is 0.307 e. The second kappa shape index (κ2) is 7.97. The number of nitrogens with one attached hydrogen (secondary N) is 1. The first kappa shape index (κ1) is 17.3. The number of carbonyl (C=O) groups is 2. The molecule has 1 heterocycles. The molecule has 1 aromatic rings. The zero-order valence-corrected chi connectivity index (χ0v) is 13.7. The molecule has 1 saturated heterocycles. The summed E-state index contributed by atoms with van der Waals surface area (Å²) in [4.78, 5) is 24.6. The van der Waals surface area contributed by atoms with E-state index in [1.165, 1.54) is 0 Å². The van der Waals surface area contributed by atoms with Crippen LogP contribution in [-0.4, -0.2) is 54.7 Å². The Balaban J connectivity index is 1.67. The average Bonchev–Trinajstić information content (AvgIpc) is 2.94. The Morgan fingerprint density at radius 3 is 2.65 bits per heavy atom. The third-order valence-electron chi connectivity index (χ3n) is 4.07. The third kappa shape index (κ3) is 4.96. The van der Waals surface area contributed by atoms with Gasteiger partial charge in [0.2, 0.25) is 5.91 Å². The maximum Gasteiger partial charge on any atom is 0.307 e. The van der Waals surface area contributed by atoms with Crippen LogP contribution in [0.5, 0.6) is 5.75 Å². The maximum absolute atomic E-state index is 11.9. The van der Waals surface area contributed by atoms with E-state index in [0.717, 1.165) is 16.9 Å². The summed E-state index contributed by atoms with van der Waals surface area (Å²) in [6.07, 6.45) is 0.609. The number of nitrogens with zero attached hydrogens (tertiary/aromatic N) is 1. The fourth-order valence-electron chi connectivity index (χ4n) is 2.81. The molecule has 1 atom stereocenters. The number of aryl methyl sites for hydroxylation is 2. The lowest BCUT2D eigenvalue weighted by Crippen LogP contribution is -2.38. The molecule has 0 saturated carbocycles. The first-order chi connectivity index (χ1) is 11.0. The van der Waals surface area contributed by atoms with Crippen LogP contribution in [0, 0.1) is 19.8 Å². The van der Waals surface area contributed by atoms with E-state index in [9.17, 15) is 9.59 Å². The van der Waals surface area contributed by atoms with Gasteiger partial charge in [-0.3, -0.25) is 14.5 Å². The van der Waals surface area contributed by atoms with Gasteiger partial charge < -0.3 is 15.2 Å². The molecular weight excluding hydrogens is 296 g/mol. The molecular formula is C17H24N2O4. The van der Waals surface area contributed by atoms with Gasteiger partial charge in [-0.25, -0.2) is 0 Å². The summed E-state index contributed by atoms with van der Waals surface area (Å²) >= 11 is 0. The zero-order chi connectivity index (χ0) is 16.8. The van der Waals surface area contributed by atoms with Gasteiger partial charge in [0.15, 0.2) is 0 Å². The van der Waals surface area contributed by atoms with Crippen LogP contribution in [0.25, 0.3) is 0 Å². The third-order valence-corrected chi connectivity index (χ3v) is 4.07. The standard InChI is InChI=1S/C17H24N2O4/c1-12-4-3-5-13(2)16(12)23-9-7-18-15(20)11-19-8-6-14(10-19)17(21)22/h3-5,14H,6-11H2,1-2H3,(H,18,20)(H,21,22). The van der Waals surface area contributed by atoms with E-state index in [4.69, 9.17) is 9.84 Å². The van der Waals surface area contributed by atoms with Crippen LogP contribution in [0.1, 0.15) is 17.5 Å². The molecule has 23 heavy (non-hydrogen) atoms. The molecule has 2 rings (SSSR count). The van der Waals surface area contributed by atoms with Gasteiger partial charge in [0.05, 0.1) is 19.0 Å². The number of carboxylic acid groups (broad SMARTS) is 1. The highest BCUT2D eigenvalue weighted by molar-refractivity contribution is 5.78. The predicted molar refractivity (Wildman–Crippen MR) is 86.6 cm³/mol. The van der Waals surface area contributed by atoms with Crippen LogP contribution >= 0.6 is 0 Å². The van der Waals surface area contributed by atoms with Gasteiger partial charge in [-0.1, -0.05) is 18.2 Å². The highest BCUT2D eigenvalue weighted by Gasteiger charge is 2.28. The molecule has 1 amide bonds. The SMILES string of the molecule is Cc1cccc(C)c1OCCNC(=O)CN1CCC(C(=O)O)C1. The minimum Gasteiger partial charge on any atom is -0.491 e. The quantitative estimate of drug-likeness (QED) is 0.738. The number of benzene rings is 1. The minimum atomic E-state index is -0.782. The highest BCUT2D eigenvalue weighted by Crippen LogP contribution is 2.21. The molecule has 2 N–H and O–H groups in total. The molecule has 0 radical (unpaired) electrons. The van der Waals surface area contributed by atoms with Gasteiger partial charge in [-0.05, 0) is 37.9 Å². The summed E-state index contributed by atoms with van der Waals surface area (Å²) in [5, 5.41) is 11.8. The summed E-state index contributed by atoms with van der Waals surface area (Å²) in [6, 6.07) is 5.97. The largest absolute Gasteiger partial charge is 0.491 e. The van der Waals surface area contributed by atoms with Crippen molar-refractivity contribution in [3.05, 3.63) is 29.3 Å². The molecule has 1 aliphatic rings. The van der Waals surface area contributed by atoms with Crippen molar-refractivity contribution in [1.82, 2.24) is 10.2 Å². The summed E-state index contributed by atoms with van der Waals surface area (Å²) < 4.78 is 5.73. The molecule has 1 fully saturated rings. The predicted octanol–water partition coefficient (Wildman–Crippen LogP) is 1.20. The number of hydrogen-bond acceptors (Lipinski definition) is 4. The number of aliphatic carboxylic acids is 1. The van der Waals surface area contributed by atoms with E-state index in [0.29, 0.717) is 32.7 Å². The van der Waals surface area contributed by atoms with E-state index in [1.807, 2.05) is 36.9 Å². The lowest BCUT2D eigenvalue weighted by atomic mass is 10.1. The fraction of sp³-hybridized carbons (Fsp3) is 0.529. The van der Waals surface area contributed by atoms with E-state index in [2.05, 4.69) is 5.32 Å². The van der Waals surface area contributed by atoms with Crippen LogP contribution < -0.4 is 10.1 Å². The molecule has 6 heteroatoms. The van der Waals surface area contributed by atoms with E-state index >= 15 is 0 Å². The molecule has 6 nitrogen and oxygen atoms in total. The first-order valence-corrected chi connectivity index (χ1v) is 7.88. The number of ether oxygens (including phenoxy) is 1. The van der Waals surface area contributed by atoms with E-state index in [-0.39, 0.29) is 18.4 Å². The van der Waals surface area contributed by atoms with Crippen LogP contribution in [0.15, 0.2) is 18.2 Å². The summed E-state index contributed by atoms with van der Waals surface area (Å²) in [5.41, 5.74) is 2.15. The van der Waals surface area contributed by atoms with Gasteiger partial charge >= 0.3 is 5.97 Å². The van der Waals surface area contributed by atoms with Crippen molar-refractivity contribution < 1.29 is 19.4 Å². The van der Waals surface area contributed by atoms with Crippen LogP contribution in [-0.2, 0) is 9.59 Å². The molecule has 0 aromatic heterocycles. The monoisotopic (exact) mass is 320 g/mol. The number of carboxylic acids is 1. The molecule has 1 unspecified atom stereocenters. The Morgan fingerprint density at radius 2 is 2.04 bits per heavy atom. The minimum absolute atomic E-state index is 0.0962. The van der Waals surface area contributed by atoms with E-state index in [1.54, 1.807) is 0 Å². The molecule has 0 spiro atoms. The van der Waals surface area contributed by atoms with Crippen LogP contribution in [0.4, 0.5) is 0 Å². The van der Waals surface area contributed by atoms with Crippen molar-refractivity contribution in [3.8, 4) is 5.75 Å². The summed E-state index contributed by atoms with van der Waals surface area (Å²) in [7, 11) is 0. The first-order valence-electron chi connectivity index (χ1n) is 7.88. The lowest BCUT2D eigenvalue weighted by molar-refractivity contribution is -0.141. The Labute approximate surface area is 136 Å². The van der Waals surface area contributed by atoms with Crippen molar-refractivity contribution in [3.63, 3.8) is 0 Å². The Hall–Kier alpha value is -2.08. The Kier molecular flexibility index (Phi) is 5.98. The second-order valence-corrected chi connectivity index (χ2v) is 5.98. The van der Waals surface area contributed by atoms with Crippen molar-refractivity contribution in [2.45, 2.75) is 20.3 Å². The van der Waals surface area contributed by atoms with Gasteiger partial charge in [0, 0.05) is 6.54 Å². The number of amides is 1. The van der Waals surface area contributed by atoms with Gasteiger partial charge in [-0.15, -0.1) is 0 Å². The highest BCUT2D eigenvalue weighted by atomic mass is 16.5. The van der Waals surface area contributed by atoms with Crippen LogP contribution in [0.2, 0.25) is 0 Å². The molecule has 0 aliphatic carbocycles. The van der Waals surface area contributed by atoms with Crippen LogP contribution in [0.3, 0.4) is 0 Å². The van der Waals surface area contributed by atoms with Gasteiger partial charge in [0.25, 0.3) is 0 Å². The Bertz CT molecular complexity index is 553. The number of hydrogen-bond donors (Lipinski definition) is 2. The maximum atomic E-state index is 11.9. The summed E-state index contributed by atoms with van der Waals surface area (Å²) in [5.74, 6) is -0.364. The number of para-hydroxylation sites is 1. The van der Waals surface area contributed by atoms with E-state index < -0.39 is 5.97 Å². The molecule has 1 aromatic carbocycles. The summed E-state index contributed by atoms with van der Waals surface area (Å²) in [6.45, 7) is 6.18. The number of rotatable bonds is 7. The zero-order valence-electron chi connectivity index (χ0n) is 13.7. The van der Waals surface area contributed by atoms with Crippen molar-refractivity contribution >= 4 is 11.9 Å². The van der Waals surface area contributed by atoms with Crippen molar-refractivity contribution in [2.75, 3.05) is 32.8 Å². The van der Waals surface area contributed by atoms with Gasteiger partial charge in [-0.2, -0.15) is 0 Å².